The zero-order chi connectivity index (χ0) is 18.5. The predicted octanol–water partition coefficient (Wildman–Crippen LogP) is 4.75. The van der Waals surface area contributed by atoms with Crippen molar-refractivity contribution in [2.24, 2.45) is 0 Å². The number of nitrogens with one attached hydrogen (secondary N) is 1. The molecule has 27 heavy (non-hydrogen) atoms. The molecule has 5 rings (SSSR count). The molecule has 0 unspecified atom stereocenters. The molecule has 1 aliphatic carbocycles. The van der Waals surface area contributed by atoms with Gasteiger partial charge in [0, 0.05) is 17.7 Å². The third-order valence-corrected chi connectivity index (χ3v) is 5.78. The first-order valence-corrected chi connectivity index (χ1v) is 9.97. The number of carbonyl (C=O) groups excluding carboxylic acids is 1. The van der Waals surface area contributed by atoms with Gasteiger partial charge in [0.25, 0.3) is 5.91 Å². The van der Waals surface area contributed by atoms with E-state index in [-0.39, 0.29) is 11.9 Å². The molecule has 136 valence electrons. The molecule has 0 atom stereocenters. The van der Waals surface area contributed by atoms with E-state index in [9.17, 15) is 4.79 Å². The molecule has 1 fully saturated rings. The first-order valence-electron chi connectivity index (χ1n) is 9.15. The number of carbonyl (C=O) groups is 1. The maximum atomic E-state index is 13.1. The lowest BCUT2D eigenvalue weighted by atomic mass is 10.1. The second kappa shape index (κ2) is 6.13. The molecule has 1 amide bonds. The first-order chi connectivity index (χ1) is 13.1. The van der Waals surface area contributed by atoms with Crippen molar-refractivity contribution >= 4 is 43.6 Å². The van der Waals surface area contributed by atoms with Crippen molar-refractivity contribution in [1.29, 1.82) is 0 Å². The van der Waals surface area contributed by atoms with E-state index in [0.717, 1.165) is 39.8 Å². The zero-order valence-corrected chi connectivity index (χ0v) is 16.0. The molecule has 0 radical (unpaired) electrons. The average Bonchev–Trinajstić information content (AvgIpc) is 3.28. The van der Waals surface area contributed by atoms with Gasteiger partial charge in [-0.1, -0.05) is 23.5 Å². The summed E-state index contributed by atoms with van der Waals surface area (Å²) in [6.45, 7) is 4.14. The Morgan fingerprint density at radius 1 is 1.26 bits per heavy atom. The van der Waals surface area contributed by atoms with Crippen LogP contribution in [-0.2, 0) is 0 Å². The van der Waals surface area contributed by atoms with Gasteiger partial charge in [0.1, 0.15) is 0 Å². The monoisotopic (exact) mass is 377 g/mol. The van der Waals surface area contributed by atoms with E-state index in [0.29, 0.717) is 16.6 Å². The summed E-state index contributed by atoms with van der Waals surface area (Å²) in [6, 6.07) is 9.98. The van der Waals surface area contributed by atoms with Gasteiger partial charge in [0.2, 0.25) is 0 Å². The molecule has 1 aromatic carbocycles. The van der Waals surface area contributed by atoms with Gasteiger partial charge < -0.3 is 0 Å². The molecule has 3 aromatic heterocycles. The second-order valence-corrected chi connectivity index (χ2v) is 8.26. The number of anilines is 1. The normalized spacial score (nSPS) is 14.3. The Bertz CT molecular complexity index is 1140. The highest BCUT2D eigenvalue weighted by Gasteiger charge is 2.28. The highest BCUT2D eigenvalue weighted by molar-refractivity contribution is 7.22. The van der Waals surface area contributed by atoms with Gasteiger partial charge in [0.05, 0.1) is 27.4 Å². The summed E-state index contributed by atoms with van der Waals surface area (Å²) < 4.78 is 2.94. The third kappa shape index (κ3) is 2.88. The van der Waals surface area contributed by atoms with Crippen molar-refractivity contribution in [3.05, 3.63) is 47.8 Å². The van der Waals surface area contributed by atoms with Crippen LogP contribution in [0.25, 0.3) is 21.3 Å². The molecule has 6 nitrogen and oxygen atoms in total. The van der Waals surface area contributed by atoms with E-state index >= 15 is 0 Å². The third-order valence-electron chi connectivity index (χ3n) is 4.83. The molecule has 0 aliphatic heterocycles. The lowest BCUT2D eigenvalue weighted by Crippen LogP contribution is -2.13. The number of amides is 1. The zero-order valence-electron chi connectivity index (χ0n) is 15.1. The van der Waals surface area contributed by atoms with Crippen molar-refractivity contribution in [2.45, 2.75) is 38.6 Å². The molecule has 4 aromatic rings. The van der Waals surface area contributed by atoms with E-state index in [1.807, 2.05) is 35.0 Å². The van der Waals surface area contributed by atoms with E-state index in [1.165, 1.54) is 11.3 Å². The van der Waals surface area contributed by atoms with Crippen LogP contribution in [0.3, 0.4) is 0 Å². The Morgan fingerprint density at radius 3 is 2.81 bits per heavy atom. The molecule has 1 N–H and O–H groups in total. The largest absolute Gasteiger partial charge is 0.298 e. The minimum Gasteiger partial charge on any atom is -0.298 e. The summed E-state index contributed by atoms with van der Waals surface area (Å²) in [6.07, 6.45) is 4.01. The molecule has 1 aliphatic rings. The number of para-hydroxylation sites is 1. The number of hydrogen-bond acceptors (Lipinski definition) is 5. The van der Waals surface area contributed by atoms with Crippen LogP contribution in [0.5, 0.6) is 0 Å². The van der Waals surface area contributed by atoms with E-state index in [1.54, 1.807) is 6.20 Å². The lowest BCUT2D eigenvalue weighted by Gasteiger charge is -2.10. The fourth-order valence-corrected chi connectivity index (χ4v) is 4.14. The number of pyridine rings is 1. The quantitative estimate of drug-likeness (QED) is 0.557. The Balaban J connectivity index is 1.57. The minimum absolute atomic E-state index is 0.160. The van der Waals surface area contributed by atoms with Crippen molar-refractivity contribution in [3.8, 4) is 0 Å². The molecule has 0 saturated heterocycles. The number of hydrogen-bond donors (Lipinski definition) is 1. The standard InChI is InChI=1S/C20H19N5OS/c1-11(2)25-18-14(10-21-25)13(9-16(22-18)12-7-8-12)19(26)24-20-23-15-5-3-4-6-17(15)27-20/h3-6,9-12H,7-8H2,1-2H3,(H,23,24,26). The van der Waals surface area contributed by atoms with Gasteiger partial charge in [-0.05, 0) is 44.9 Å². The SMILES string of the molecule is CC(C)n1ncc2c(C(=O)Nc3nc4ccccc4s3)cc(C3CC3)nc21. The Hall–Kier alpha value is -2.80. The summed E-state index contributed by atoms with van der Waals surface area (Å²) in [5.41, 5.74) is 3.28. The van der Waals surface area contributed by atoms with Crippen molar-refractivity contribution in [3.63, 3.8) is 0 Å². The molecule has 1 saturated carbocycles. The molecule has 0 spiro atoms. The minimum atomic E-state index is -0.160. The van der Waals surface area contributed by atoms with E-state index in [4.69, 9.17) is 4.98 Å². The maximum Gasteiger partial charge on any atom is 0.258 e. The van der Waals surface area contributed by atoms with Gasteiger partial charge >= 0.3 is 0 Å². The molecular weight excluding hydrogens is 358 g/mol. The number of benzene rings is 1. The number of nitrogens with zero attached hydrogens (tertiary/aromatic N) is 4. The van der Waals surface area contributed by atoms with Gasteiger partial charge in [-0.3, -0.25) is 10.1 Å². The highest BCUT2D eigenvalue weighted by atomic mass is 32.1. The van der Waals surface area contributed by atoms with E-state index in [2.05, 4.69) is 29.2 Å². The fraction of sp³-hybridized carbons (Fsp3) is 0.300. The molecule has 0 bridgehead atoms. The maximum absolute atomic E-state index is 13.1. The average molecular weight is 377 g/mol. The fourth-order valence-electron chi connectivity index (χ4n) is 3.28. The van der Waals surface area contributed by atoms with Crippen LogP contribution < -0.4 is 5.32 Å². The number of aromatic nitrogens is 4. The van der Waals surface area contributed by atoms with Crippen molar-refractivity contribution in [1.82, 2.24) is 19.7 Å². The summed E-state index contributed by atoms with van der Waals surface area (Å²) >= 11 is 1.48. The Kier molecular flexibility index (Phi) is 3.72. The molecule has 7 heteroatoms. The van der Waals surface area contributed by atoms with E-state index < -0.39 is 0 Å². The van der Waals surface area contributed by atoms with Gasteiger partial charge in [-0.25, -0.2) is 14.6 Å². The van der Waals surface area contributed by atoms with Gasteiger partial charge in [-0.2, -0.15) is 5.10 Å². The van der Waals surface area contributed by atoms with Crippen LogP contribution in [-0.4, -0.2) is 25.7 Å². The van der Waals surface area contributed by atoms with Crippen LogP contribution in [0.2, 0.25) is 0 Å². The van der Waals surface area contributed by atoms with Crippen LogP contribution in [0.15, 0.2) is 36.5 Å². The second-order valence-electron chi connectivity index (χ2n) is 7.23. The van der Waals surface area contributed by atoms with Crippen LogP contribution in [0.1, 0.15) is 54.7 Å². The lowest BCUT2D eigenvalue weighted by molar-refractivity contribution is 0.102. The van der Waals surface area contributed by atoms with Gasteiger partial charge in [0.15, 0.2) is 10.8 Å². The summed E-state index contributed by atoms with van der Waals surface area (Å²) in [4.78, 5) is 22.4. The topological polar surface area (TPSA) is 72.7 Å². The number of fused-ring (bicyclic) bond motifs is 2. The summed E-state index contributed by atoms with van der Waals surface area (Å²) in [7, 11) is 0. The van der Waals surface area contributed by atoms with Crippen LogP contribution in [0, 0.1) is 0 Å². The predicted molar refractivity (Wildman–Crippen MR) is 107 cm³/mol. The smallest absolute Gasteiger partial charge is 0.258 e. The van der Waals surface area contributed by atoms with Crippen molar-refractivity contribution in [2.75, 3.05) is 5.32 Å². The van der Waals surface area contributed by atoms with Crippen LogP contribution in [0.4, 0.5) is 5.13 Å². The van der Waals surface area contributed by atoms with Gasteiger partial charge in [-0.15, -0.1) is 0 Å². The molecular formula is C20H19N5OS. The Labute approximate surface area is 160 Å². The highest BCUT2D eigenvalue weighted by Crippen LogP contribution is 2.40. The Morgan fingerprint density at radius 2 is 2.07 bits per heavy atom. The van der Waals surface area contributed by atoms with Crippen LogP contribution >= 0.6 is 11.3 Å². The van der Waals surface area contributed by atoms with Crippen molar-refractivity contribution < 1.29 is 4.79 Å². The number of thiazole rings is 1. The summed E-state index contributed by atoms with van der Waals surface area (Å²) in [5, 5.41) is 8.82. The summed E-state index contributed by atoms with van der Waals surface area (Å²) in [5.74, 6) is 0.297. The molecule has 3 heterocycles. The number of rotatable bonds is 4. The first kappa shape index (κ1) is 16.4.